The zero-order valence-electron chi connectivity index (χ0n) is 12.8. The Labute approximate surface area is 138 Å². The molecule has 1 unspecified atom stereocenters. The molecule has 0 saturated carbocycles. The van der Waals surface area contributed by atoms with Crippen molar-refractivity contribution in [1.82, 2.24) is 25.1 Å². The third kappa shape index (κ3) is 3.16. The second kappa shape index (κ2) is 6.17. The number of rotatable bonds is 4. The van der Waals surface area contributed by atoms with Gasteiger partial charge >= 0.3 is 0 Å². The molecular formula is C16H17N5OS. The zero-order valence-corrected chi connectivity index (χ0v) is 13.7. The second-order valence-electron chi connectivity index (χ2n) is 5.79. The Morgan fingerprint density at radius 1 is 1.30 bits per heavy atom. The Morgan fingerprint density at radius 3 is 3.04 bits per heavy atom. The lowest BCUT2D eigenvalue weighted by Crippen LogP contribution is -2.19. The molecule has 0 aromatic carbocycles. The highest BCUT2D eigenvalue weighted by Gasteiger charge is 2.28. The first kappa shape index (κ1) is 14.5. The molecule has 4 rings (SSSR count). The molecule has 0 aliphatic carbocycles. The highest BCUT2D eigenvalue weighted by atomic mass is 32.1. The molecule has 118 valence electrons. The summed E-state index contributed by atoms with van der Waals surface area (Å²) in [6.45, 7) is 4.92. The summed E-state index contributed by atoms with van der Waals surface area (Å²) in [7, 11) is 0. The van der Waals surface area contributed by atoms with Crippen molar-refractivity contribution in [3.05, 3.63) is 46.4 Å². The minimum absolute atomic E-state index is 0.301. The molecule has 1 fully saturated rings. The van der Waals surface area contributed by atoms with Gasteiger partial charge in [-0.1, -0.05) is 6.07 Å². The van der Waals surface area contributed by atoms with Gasteiger partial charge in [-0.2, -0.15) is 0 Å². The van der Waals surface area contributed by atoms with Crippen LogP contribution in [0.25, 0.3) is 11.6 Å². The number of hydrogen-bond acceptors (Lipinski definition) is 7. The zero-order chi connectivity index (χ0) is 15.6. The van der Waals surface area contributed by atoms with Crippen LogP contribution in [0.3, 0.4) is 0 Å². The summed E-state index contributed by atoms with van der Waals surface area (Å²) in [5, 5.41) is 10.5. The van der Waals surface area contributed by atoms with Gasteiger partial charge < -0.3 is 4.42 Å². The first-order chi connectivity index (χ1) is 11.3. The normalized spacial score (nSPS) is 18.6. The van der Waals surface area contributed by atoms with Crippen molar-refractivity contribution in [2.45, 2.75) is 25.8 Å². The van der Waals surface area contributed by atoms with Crippen LogP contribution >= 0.6 is 11.3 Å². The minimum Gasteiger partial charge on any atom is -0.419 e. The molecule has 1 atom stereocenters. The van der Waals surface area contributed by atoms with Crippen molar-refractivity contribution < 1.29 is 4.42 Å². The Balaban J connectivity index is 1.44. The molecule has 23 heavy (non-hydrogen) atoms. The fourth-order valence-corrected chi connectivity index (χ4v) is 3.55. The molecule has 3 aromatic rings. The van der Waals surface area contributed by atoms with Gasteiger partial charge in [0.05, 0.1) is 17.8 Å². The van der Waals surface area contributed by atoms with E-state index in [1.165, 1.54) is 4.88 Å². The summed E-state index contributed by atoms with van der Waals surface area (Å²) < 4.78 is 5.83. The Kier molecular flexibility index (Phi) is 3.88. The van der Waals surface area contributed by atoms with E-state index in [-0.39, 0.29) is 0 Å². The van der Waals surface area contributed by atoms with Gasteiger partial charge in [0.15, 0.2) is 0 Å². The summed E-state index contributed by atoms with van der Waals surface area (Å²) in [6, 6.07) is 4.28. The lowest BCUT2D eigenvalue weighted by molar-refractivity contribution is 0.323. The molecule has 1 saturated heterocycles. The molecule has 3 aromatic heterocycles. The molecule has 6 nitrogen and oxygen atoms in total. The Hall–Kier alpha value is -2.12. The van der Waals surface area contributed by atoms with Crippen molar-refractivity contribution in [1.29, 1.82) is 0 Å². The van der Waals surface area contributed by atoms with Crippen LogP contribution in [0.4, 0.5) is 0 Å². The molecule has 1 aliphatic heterocycles. The average Bonchev–Trinajstić information content (AvgIpc) is 3.29. The van der Waals surface area contributed by atoms with Crippen LogP contribution in [0.15, 0.2) is 34.3 Å². The van der Waals surface area contributed by atoms with Crippen molar-refractivity contribution in [2.75, 3.05) is 13.1 Å². The Bertz CT molecular complexity index is 768. The van der Waals surface area contributed by atoms with E-state index in [1.54, 1.807) is 23.7 Å². The van der Waals surface area contributed by atoms with Crippen LogP contribution in [0, 0.1) is 6.92 Å². The predicted molar refractivity (Wildman–Crippen MR) is 87.0 cm³/mol. The number of hydrogen-bond donors (Lipinski definition) is 0. The summed E-state index contributed by atoms with van der Waals surface area (Å²) in [5.41, 5.74) is 1.50. The van der Waals surface area contributed by atoms with Crippen molar-refractivity contribution in [3.8, 4) is 11.6 Å². The van der Waals surface area contributed by atoms with Gasteiger partial charge in [-0.3, -0.25) is 9.88 Å². The second-order valence-corrected chi connectivity index (χ2v) is 6.82. The smallest absolute Gasteiger partial charge is 0.267 e. The number of aryl methyl sites for hydroxylation is 1. The van der Waals surface area contributed by atoms with E-state index >= 15 is 0 Å². The number of nitrogens with zero attached hydrogens (tertiary/aromatic N) is 5. The van der Waals surface area contributed by atoms with Crippen molar-refractivity contribution in [3.63, 3.8) is 0 Å². The third-order valence-corrected chi connectivity index (χ3v) is 4.88. The Morgan fingerprint density at radius 2 is 2.26 bits per heavy atom. The molecule has 0 N–H and O–H groups in total. The van der Waals surface area contributed by atoms with Crippen molar-refractivity contribution >= 4 is 11.3 Å². The molecule has 4 heterocycles. The van der Waals surface area contributed by atoms with E-state index in [1.807, 2.05) is 6.92 Å². The van der Waals surface area contributed by atoms with Gasteiger partial charge in [0.2, 0.25) is 5.89 Å². The van der Waals surface area contributed by atoms with E-state index in [9.17, 15) is 0 Å². The fraction of sp³-hybridized carbons (Fsp3) is 0.375. The highest BCUT2D eigenvalue weighted by Crippen LogP contribution is 2.29. The summed E-state index contributed by atoms with van der Waals surface area (Å²) in [6.07, 6.45) is 4.43. The van der Waals surface area contributed by atoms with E-state index < -0.39 is 0 Å². The molecular weight excluding hydrogens is 310 g/mol. The molecule has 0 bridgehead atoms. The minimum atomic E-state index is 0.301. The number of aromatic nitrogens is 4. The maximum absolute atomic E-state index is 5.83. The standard InChI is InChI=1S/C16H17N5OS/c1-11-7-18-14(8-17-11)16-20-19-15(22-16)12-4-5-21(9-12)10-13-3-2-6-23-13/h2-3,6-8,12H,4-5,9-10H2,1H3. The summed E-state index contributed by atoms with van der Waals surface area (Å²) in [4.78, 5) is 12.3. The van der Waals surface area contributed by atoms with E-state index in [0.29, 0.717) is 23.4 Å². The SMILES string of the molecule is Cc1cnc(-c2nnc(C3CCN(Cc4cccs4)C3)o2)cn1. The number of thiophene rings is 1. The van der Waals surface area contributed by atoms with Crippen molar-refractivity contribution in [2.24, 2.45) is 0 Å². The van der Waals surface area contributed by atoms with E-state index in [2.05, 4.69) is 42.6 Å². The lowest BCUT2D eigenvalue weighted by Gasteiger charge is -2.13. The first-order valence-corrected chi connectivity index (χ1v) is 8.53. The van der Waals surface area contributed by atoms with Gasteiger partial charge in [0.25, 0.3) is 5.89 Å². The van der Waals surface area contributed by atoms with Crippen LogP contribution in [-0.4, -0.2) is 38.2 Å². The maximum atomic E-state index is 5.83. The topological polar surface area (TPSA) is 67.9 Å². The van der Waals surface area contributed by atoms with Gasteiger partial charge in [0, 0.05) is 24.2 Å². The van der Waals surface area contributed by atoms with Crippen LogP contribution in [0.5, 0.6) is 0 Å². The molecule has 7 heteroatoms. The predicted octanol–water partition coefficient (Wildman–Crippen LogP) is 2.89. The van der Waals surface area contributed by atoms with Gasteiger partial charge in [0.1, 0.15) is 5.69 Å². The van der Waals surface area contributed by atoms with E-state index in [4.69, 9.17) is 4.42 Å². The van der Waals surface area contributed by atoms with E-state index in [0.717, 1.165) is 31.7 Å². The first-order valence-electron chi connectivity index (χ1n) is 7.65. The quantitative estimate of drug-likeness (QED) is 0.734. The largest absolute Gasteiger partial charge is 0.419 e. The third-order valence-electron chi connectivity index (χ3n) is 4.02. The van der Waals surface area contributed by atoms with Crippen LogP contribution in [0.2, 0.25) is 0 Å². The van der Waals surface area contributed by atoms with Crippen LogP contribution in [-0.2, 0) is 6.54 Å². The molecule has 0 radical (unpaired) electrons. The lowest BCUT2D eigenvalue weighted by atomic mass is 10.1. The summed E-state index contributed by atoms with van der Waals surface area (Å²) >= 11 is 1.80. The maximum Gasteiger partial charge on any atom is 0.267 e. The van der Waals surface area contributed by atoms with Crippen LogP contribution in [0.1, 0.15) is 28.8 Å². The average molecular weight is 327 g/mol. The van der Waals surface area contributed by atoms with Gasteiger partial charge in [-0.15, -0.1) is 21.5 Å². The van der Waals surface area contributed by atoms with Gasteiger partial charge in [-0.25, -0.2) is 4.98 Å². The fourth-order valence-electron chi connectivity index (χ4n) is 2.81. The van der Waals surface area contributed by atoms with Gasteiger partial charge in [-0.05, 0) is 31.3 Å². The highest BCUT2D eigenvalue weighted by molar-refractivity contribution is 7.09. The molecule has 0 amide bonds. The monoisotopic (exact) mass is 327 g/mol. The molecule has 0 spiro atoms. The van der Waals surface area contributed by atoms with Crippen LogP contribution < -0.4 is 0 Å². The summed E-state index contributed by atoms with van der Waals surface area (Å²) in [5.74, 6) is 1.45. The number of likely N-dealkylation sites (tertiary alicyclic amines) is 1. The molecule has 1 aliphatic rings.